The predicted octanol–water partition coefficient (Wildman–Crippen LogP) is 6.41. The molecule has 0 unspecified atom stereocenters. The summed E-state index contributed by atoms with van der Waals surface area (Å²) in [6.45, 7) is 5.86. The van der Waals surface area contributed by atoms with E-state index in [4.69, 9.17) is 9.97 Å². The lowest BCUT2D eigenvalue weighted by Crippen LogP contribution is -2.33. The van der Waals surface area contributed by atoms with Gasteiger partial charge in [-0.15, -0.1) is 0 Å². The van der Waals surface area contributed by atoms with E-state index >= 15 is 0 Å². The third-order valence-corrected chi connectivity index (χ3v) is 6.85. The van der Waals surface area contributed by atoms with E-state index in [-0.39, 0.29) is 18.9 Å². The lowest BCUT2D eigenvalue weighted by Gasteiger charge is -2.29. The molecule has 2 aliphatic rings. The number of rotatable bonds is 4. The number of piperidine rings is 1. The highest BCUT2D eigenvalue weighted by molar-refractivity contribution is 5.63. The van der Waals surface area contributed by atoms with E-state index in [1.807, 2.05) is 4.90 Å². The van der Waals surface area contributed by atoms with Gasteiger partial charge in [-0.3, -0.25) is 0 Å². The minimum absolute atomic E-state index is 0.143. The monoisotopic (exact) mass is 548 g/mol. The zero-order valence-electron chi connectivity index (χ0n) is 20.9. The Hall–Kier alpha value is -3.83. The van der Waals surface area contributed by atoms with Crippen molar-refractivity contribution in [3.05, 3.63) is 77.1 Å². The molecule has 1 aromatic carbocycles. The Morgan fingerprint density at radius 1 is 0.821 bits per heavy atom. The molecule has 2 aromatic heterocycles. The molecule has 206 valence electrons. The molecule has 4 heterocycles. The van der Waals surface area contributed by atoms with Crippen molar-refractivity contribution in [3.8, 4) is 0 Å². The normalized spacial score (nSPS) is 16.6. The summed E-state index contributed by atoms with van der Waals surface area (Å²) in [5, 5.41) is 3.14. The number of hydrogen-bond donors (Lipinski definition) is 1. The largest absolute Gasteiger partial charge is 0.419 e. The van der Waals surface area contributed by atoms with Gasteiger partial charge in [0.25, 0.3) is 0 Å². The predicted molar refractivity (Wildman–Crippen MR) is 136 cm³/mol. The quantitative estimate of drug-likeness (QED) is 0.300. The average molecular weight is 549 g/mol. The van der Waals surface area contributed by atoms with E-state index in [1.54, 1.807) is 4.90 Å². The molecule has 1 saturated heterocycles. The summed E-state index contributed by atoms with van der Waals surface area (Å²) < 4.78 is 80.2. The summed E-state index contributed by atoms with van der Waals surface area (Å²) in [6.07, 6.45) is -5.23. The molecule has 0 amide bonds. The van der Waals surface area contributed by atoms with Crippen LogP contribution in [0.1, 0.15) is 35.2 Å². The van der Waals surface area contributed by atoms with Gasteiger partial charge in [0.1, 0.15) is 11.6 Å². The fourth-order valence-corrected chi connectivity index (χ4v) is 4.91. The fourth-order valence-electron chi connectivity index (χ4n) is 4.91. The third kappa shape index (κ3) is 5.94. The number of halogens is 6. The summed E-state index contributed by atoms with van der Waals surface area (Å²) >= 11 is 0. The minimum Gasteiger partial charge on any atom is -0.355 e. The van der Waals surface area contributed by atoms with Crippen LogP contribution in [-0.2, 0) is 25.2 Å². The van der Waals surface area contributed by atoms with Gasteiger partial charge < -0.3 is 15.1 Å². The van der Waals surface area contributed by atoms with Gasteiger partial charge in [0.15, 0.2) is 0 Å². The summed E-state index contributed by atoms with van der Waals surface area (Å²) in [6, 6.07) is 6.89. The lowest BCUT2D eigenvalue weighted by atomic mass is 10.1. The number of hydrogen-bond acceptors (Lipinski definition) is 6. The van der Waals surface area contributed by atoms with Crippen molar-refractivity contribution < 1.29 is 26.3 Å². The number of nitrogens with one attached hydrogen (secondary N) is 1. The van der Waals surface area contributed by atoms with Gasteiger partial charge in [0.05, 0.1) is 16.8 Å². The Bertz CT molecular complexity index is 1350. The van der Waals surface area contributed by atoms with Gasteiger partial charge in [-0.2, -0.15) is 31.3 Å². The smallest absolute Gasteiger partial charge is 0.355 e. The molecule has 0 radical (unpaired) electrons. The Balaban J connectivity index is 1.49. The van der Waals surface area contributed by atoms with E-state index < -0.39 is 23.5 Å². The average Bonchev–Trinajstić information content (AvgIpc) is 3.11. The number of aromatic nitrogens is 3. The van der Waals surface area contributed by atoms with Crippen molar-refractivity contribution in [1.82, 2.24) is 15.0 Å². The first-order valence-corrected chi connectivity index (χ1v) is 12.5. The van der Waals surface area contributed by atoms with Crippen LogP contribution in [-0.4, -0.2) is 41.1 Å². The van der Waals surface area contributed by atoms with Crippen LogP contribution in [0.15, 0.2) is 54.7 Å². The van der Waals surface area contributed by atoms with E-state index in [0.29, 0.717) is 54.6 Å². The summed E-state index contributed by atoms with van der Waals surface area (Å²) in [5.74, 6) is 0.728. The van der Waals surface area contributed by atoms with Gasteiger partial charge in [0.2, 0.25) is 5.95 Å². The number of benzene rings is 1. The molecular formula is C27H26F6N6. The van der Waals surface area contributed by atoms with Crippen molar-refractivity contribution in [3.63, 3.8) is 0 Å². The molecule has 6 nitrogen and oxygen atoms in total. The molecule has 0 aliphatic carbocycles. The second kappa shape index (κ2) is 10.4. The van der Waals surface area contributed by atoms with E-state index in [0.717, 1.165) is 36.6 Å². The lowest BCUT2D eigenvalue weighted by molar-refractivity contribution is -0.138. The van der Waals surface area contributed by atoms with Gasteiger partial charge in [-0.05, 0) is 55.7 Å². The van der Waals surface area contributed by atoms with Crippen LogP contribution in [0, 0.1) is 0 Å². The molecule has 3 aromatic rings. The summed E-state index contributed by atoms with van der Waals surface area (Å²) in [4.78, 5) is 17.1. The molecule has 1 fully saturated rings. The van der Waals surface area contributed by atoms with Crippen molar-refractivity contribution in [2.45, 2.75) is 38.0 Å². The highest BCUT2D eigenvalue weighted by Crippen LogP contribution is 2.37. The first-order valence-electron chi connectivity index (χ1n) is 12.5. The molecule has 0 bridgehead atoms. The topological polar surface area (TPSA) is 57.2 Å². The molecule has 39 heavy (non-hydrogen) atoms. The Morgan fingerprint density at radius 3 is 2.26 bits per heavy atom. The highest BCUT2D eigenvalue weighted by Gasteiger charge is 2.36. The molecule has 12 heteroatoms. The maximum atomic E-state index is 13.7. The van der Waals surface area contributed by atoms with Crippen LogP contribution in [0.4, 0.5) is 49.6 Å². The maximum absolute atomic E-state index is 13.7. The third-order valence-electron chi connectivity index (χ3n) is 6.85. The van der Waals surface area contributed by atoms with Crippen LogP contribution >= 0.6 is 0 Å². The number of fused-ring (bicyclic) bond motifs is 1. The Morgan fingerprint density at radius 2 is 1.56 bits per heavy atom. The van der Waals surface area contributed by atoms with Crippen LogP contribution < -0.4 is 15.1 Å². The number of alkyl halides is 6. The Labute approximate surface area is 221 Å². The molecular weight excluding hydrogens is 522 g/mol. The molecule has 0 atom stereocenters. The van der Waals surface area contributed by atoms with Crippen LogP contribution in [0.3, 0.4) is 0 Å². The summed E-state index contributed by atoms with van der Waals surface area (Å²) in [7, 11) is 0. The van der Waals surface area contributed by atoms with Gasteiger partial charge in [-0.25, -0.2) is 9.97 Å². The number of nitrogens with zero attached hydrogens (tertiary/aromatic N) is 5. The van der Waals surface area contributed by atoms with Crippen molar-refractivity contribution in [2.24, 2.45) is 0 Å². The molecule has 0 saturated carbocycles. The van der Waals surface area contributed by atoms with Gasteiger partial charge in [-0.1, -0.05) is 12.2 Å². The summed E-state index contributed by atoms with van der Waals surface area (Å²) in [5.41, 5.74) is 1.26. The molecule has 5 rings (SSSR count). The maximum Gasteiger partial charge on any atom is 0.419 e. The van der Waals surface area contributed by atoms with Crippen molar-refractivity contribution >= 4 is 23.3 Å². The highest BCUT2D eigenvalue weighted by atomic mass is 19.4. The number of anilines is 4. The Kier molecular flexibility index (Phi) is 7.13. The minimum atomic E-state index is -4.55. The van der Waals surface area contributed by atoms with Gasteiger partial charge in [0, 0.05) is 50.0 Å². The van der Waals surface area contributed by atoms with Crippen LogP contribution in [0.25, 0.3) is 0 Å². The van der Waals surface area contributed by atoms with E-state index in [2.05, 4.69) is 16.9 Å². The zero-order chi connectivity index (χ0) is 27.8. The van der Waals surface area contributed by atoms with Gasteiger partial charge >= 0.3 is 12.4 Å². The zero-order valence-corrected chi connectivity index (χ0v) is 20.9. The van der Waals surface area contributed by atoms with Crippen molar-refractivity contribution in [1.29, 1.82) is 0 Å². The number of pyridine rings is 1. The van der Waals surface area contributed by atoms with E-state index in [9.17, 15) is 26.3 Å². The standard InChI is InChI=1S/C27H26F6N6/c1-17-4-3-13-39(16-17)25-36-22-11-15-38(24-21(27(31,32)33)5-2-12-34-24)14-10-20(22)23(37-25)35-19-8-6-18(7-9-19)26(28,29)30/h2,5-9,12H,1,3-4,10-11,13-16H2,(H,35,36,37). The van der Waals surface area contributed by atoms with Crippen LogP contribution in [0.2, 0.25) is 0 Å². The first kappa shape index (κ1) is 26.8. The molecule has 1 N–H and O–H groups in total. The second-order valence-corrected chi connectivity index (χ2v) is 9.63. The SMILES string of the molecule is C=C1CCCN(c2nc3c(c(Nc4ccc(C(F)(F)F)cc4)n2)CCN(c2ncccc2C(F)(F)F)CC3)C1. The van der Waals surface area contributed by atoms with E-state index in [1.165, 1.54) is 24.4 Å². The van der Waals surface area contributed by atoms with Crippen LogP contribution in [0.5, 0.6) is 0 Å². The van der Waals surface area contributed by atoms with Crippen molar-refractivity contribution in [2.75, 3.05) is 41.3 Å². The second-order valence-electron chi connectivity index (χ2n) is 9.63. The first-order chi connectivity index (χ1) is 18.5. The molecule has 0 spiro atoms. The fraction of sp³-hybridized carbons (Fsp3) is 0.370. The molecule has 2 aliphatic heterocycles.